The smallest absolute Gasteiger partial charge is 0.267 e. The molecule has 0 saturated carbocycles. The number of hydrogen-bond acceptors (Lipinski definition) is 3. The molecule has 0 fully saturated rings. The van der Waals surface area contributed by atoms with Gasteiger partial charge in [0.15, 0.2) is 0 Å². The largest absolute Gasteiger partial charge is 0.457 e. The highest BCUT2D eigenvalue weighted by Crippen LogP contribution is 2.23. The normalized spacial score (nSPS) is 11.2. The highest BCUT2D eigenvalue weighted by Gasteiger charge is 2.15. The molecular formula is C26H25ClN2O3. The molecule has 0 aliphatic heterocycles. The van der Waals surface area contributed by atoms with Crippen LogP contribution in [0, 0.1) is 5.92 Å². The molecule has 0 aliphatic rings. The van der Waals surface area contributed by atoms with Crippen LogP contribution in [0.1, 0.15) is 29.8 Å². The molecule has 164 valence electrons. The average Bonchev–Trinajstić information content (AvgIpc) is 2.78. The van der Waals surface area contributed by atoms with Crippen molar-refractivity contribution in [2.24, 2.45) is 5.92 Å². The topological polar surface area (TPSA) is 67.4 Å². The van der Waals surface area contributed by atoms with Gasteiger partial charge in [0.2, 0.25) is 0 Å². The molecule has 2 amide bonds. The Morgan fingerprint density at radius 1 is 0.938 bits per heavy atom. The minimum atomic E-state index is -0.399. The molecule has 2 N–H and O–H groups in total. The van der Waals surface area contributed by atoms with Crippen molar-refractivity contribution in [1.82, 2.24) is 10.6 Å². The van der Waals surface area contributed by atoms with Gasteiger partial charge in [-0.15, -0.1) is 0 Å². The number of amides is 2. The minimum Gasteiger partial charge on any atom is -0.457 e. The molecule has 0 radical (unpaired) electrons. The molecule has 0 aliphatic carbocycles. The van der Waals surface area contributed by atoms with Crippen LogP contribution < -0.4 is 15.4 Å². The van der Waals surface area contributed by atoms with Gasteiger partial charge in [0.05, 0.1) is 0 Å². The lowest BCUT2D eigenvalue weighted by Crippen LogP contribution is -2.36. The van der Waals surface area contributed by atoms with E-state index in [1.807, 2.05) is 62.4 Å². The highest BCUT2D eigenvalue weighted by atomic mass is 35.5. The van der Waals surface area contributed by atoms with Gasteiger partial charge in [-0.1, -0.05) is 55.8 Å². The van der Waals surface area contributed by atoms with E-state index in [0.717, 1.165) is 0 Å². The van der Waals surface area contributed by atoms with Crippen molar-refractivity contribution in [2.45, 2.75) is 13.8 Å². The number of para-hydroxylation sites is 1. The number of benzene rings is 3. The number of halogens is 1. The number of rotatable bonds is 8. The van der Waals surface area contributed by atoms with Crippen LogP contribution in [-0.4, -0.2) is 18.4 Å². The number of ether oxygens (including phenoxy) is 1. The molecule has 0 aromatic heterocycles. The van der Waals surface area contributed by atoms with Crippen LogP contribution in [0.2, 0.25) is 5.02 Å². The lowest BCUT2D eigenvalue weighted by atomic mass is 10.1. The molecule has 0 spiro atoms. The fourth-order valence-electron chi connectivity index (χ4n) is 2.81. The van der Waals surface area contributed by atoms with E-state index >= 15 is 0 Å². The third kappa shape index (κ3) is 7.00. The predicted molar refractivity (Wildman–Crippen MR) is 128 cm³/mol. The third-order valence-electron chi connectivity index (χ3n) is 4.42. The second-order valence-corrected chi connectivity index (χ2v) is 8.05. The molecule has 0 unspecified atom stereocenters. The van der Waals surface area contributed by atoms with Gasteiger partial charge in [0.25, 0.3) is 11.8 Å². The summed E-state index contributed by atoms with van der Waals surface area (Å²) in [5.41, 5.74) is 1.25. The second-order valence-electron chi connectivity index (χ2n) is 7.61. The number of nitrogens with one attached hydrogen (secondary N) is 2. The van der Waals surface area contributed by atoms with Crippen molar-refractivity contribution in [3.63, 3.8) is 0 Å². The molecule has 0 atom stereocenters. The Balaban J connectivity index is 1.84. The quantitative estimate of drug-likeness (QED) is 0.436. The molecule has 0 heterocycles. The Morgan fingerprint density at radius 2 is 1.62 bits per heavy atom. The Labute approximate surface area is 193 Å². The zero-order chi connectivity index (χ0) is 22.9. The number of carbonyl (C=O) groups excluding carboxylic acids is 2. The summed E-state index contributed by atoms with van der Waals surface area (Å²) in [6.07, 6.45) is 1.63. The van der Waals surface area contributed by atoms with E-state index in [0.29, 0.717) is 34.2 Å². The highest BCUT2D eigenvalue weighted by molar-refractivity contribution is 6.30. The minimum absolute atomic E-state index is 0.141. The zero-order valence-corrected chi connectivity index (χ0v) is 18.7. The molecule has 5 nitrogen and oxygen atoms in total. The summed E-state index contributed by atoms with van der Waals surface area (Å²) in [5.74, 6) is 0.838. The van der Waals surface area contributed by atoms with Crippen molar-refractivity contribution < 1.29 is 14.3 Å². The summed E-state index contributed by atoms with van der Waals surface area (Å²) in [6.45, 7) is 4.49. The SMILES string of the molecule is CC(C)CNC(=O)/C(=C/c1cccc(Oc2ccccc2)c1)NC(=O)c1ccc(Cl)cc1. The lowest BCUT2D eigenvalue weighted by molar-refractivity contribution is -0.117. The van der Waals surface area contributed by atoms with Gasteiger partial charge in [-0.3, -0.25) is 9.59 Å². The lowest BCUT2D eigenvalue weighted by Gasteiger charge is -2.13. The van der Waals surface area contributed by atoms with Crippen molar-refractivity contribution in [3.8, 4) is 11.5 Å². The van der Waals surface area contributed by atoms with Crippen LogP contribution in [0.3, 0.4) is 0 Å². The number of carbonyl (C=O) groups is 2. The maximum absolute atomic E-state index is 12.8. The van der Waals surface area contributed by atoms with Gasteiger partial charge in [-0.25, -0.2) is 0 Å². The van der Waals surface area contributed by atoms with Crippen molar-refractivity contribution >= 4 is 29.5 Å². The Hall–Kier alpha value is -3.57. The fourth-order valence-corrected chi connectivity index (χ4v) is 2.93. The summed E-state index contributed by atoms with van der Waals surface area (Å²) in [5, 5.41) is 6.10. The van der Waals surface area contributed by atoms with E-state index in [2.05, 4.69) is 10.6 Å². The first-order valence-corrected chi connectivity index (χ1v) is 10.7. The summed E-state index contributed by atoms with van der Waals surface area (Å²) in [4.78, 5) is 25.5. The maximum Gasteiger partial charge on any atom is 0.267 e. The standard InChI is InChI=1S/C26H25ClN2O3/c1-18(2)17-28-26(31)24(29-25(30)20-11-13-21(27)14-12-20)16-19-7-6-10-23(15-19)32-22-8-4-3-5-9-22/h3-16,18H,17H2,1-2H3,(H,28,31)(H,29,30)/b24-16-. The van der Waals surface area contributed by atoms with E-state index in [9.17, 15) is 9.59 Å². The Bertz CT molecular complexity index is 1090. The summed E-state index contributed by atoms with van der Waals surface area (Å²) in [6, 6.07) is 23.2. The zero-order valence-electron chi connectivity index (χ0n) is 18.0. The van der Waals surface area contributed by atoms with Gasteiger partial charge < -0.3 is 15.4 Å². The Kier molecular flexibility index (Phi) is 8.06. The van der Waals surface area contributed by atoms with Crippen LogP contribution >= 0.6 is 11.6 Å². The van der Waals surface area contributed by atoms with Crippen LogP contribution in [-0.2, 0) is 4.79 Å². The first-order valence-electron chi connectivity index (χ1n) is 10.3. The van der Waals surface area contributed by atoms with E-state index < -0.39 is 5.91 Å². The molecule has 0 saturated heterocycles. The van der Waals surface area contributed by atoms with Crippen molar-refractivity contribution in [3.05, 3.63) is 101 Å². The van der Waals surface area contributed by atoms with Crippen LogP contribution in [0.15, 0.2) is 84.6 Å². The summed E-state index contributed by atoms with van der Waals surface area (Å²) >= 11 is 5.90. The van der Waals surface area contributed by atoms with E-state index in [1.54, 1.807) is 36.4 Å². The molecule has 0 bridgehead atoms. The van der Waals surface area contributed by atoms with Crippen LogP contribution in [0.25, 0.3) is 6.08 Å². The molecular weight excluding hydrogens is 424 g/mol. The Morgan fingerprint density at radius 3 is 2.31 bits per heavy atom. The molecule has 3 rings (SSSR count). The first kappa shape index (κ1) is 23.1. The van der Waals surface area contributed by atoms with Gasteiger partial charge >= 0.3 is 0 Å². The van der Waals surface area contributed by atoms with Gasteiger partial charge in [0, 0.05) is 17.1 Å². The molecule has 6 heteroatoms. The summed E-state index contributed by atoms with van der Waals surface area (Å²) in [7, 11) is 0. The van der Waals surface area contributed by atoms with E-state index in [-0.39, 0.29) is 17.5 Å². The second kappa shape index (κ2) is 11.2. The first-order chi connectivity index (χ1) is 15.4. The summed E-state index contributed by atoms with van der Waals surface area (Å²) < 4.78 is 5.87. The average molecular weight is 449 g/mol. The van der Waals surface area contributed by atoms with Gasteiger partial charge in [-0.2, -0.15) is 0 Å². The van der Waals surface area contributed by atoms with Gasteiger partial charge in [-0.05, 0) is 66.1 Å². The van der Waals surface area contributed by atoms with Crippen molar-refractivity contribution in [1.29, 1.82) is 0 Å². The van der Waals surface area contributed by atoms with Crippen LogP contribution in [0.5, 0.6) is 11.5 Å². The monoisotopic (exact) mass is 448 g/mol. The van der Waals surface area contributed by atoms with Crippen LogP contribution in [0.4, 0.5) is 0 Å². The fraction of sp³-hybridized carbons (Fsp3) is 0.154. The van der Waals surface area contributed by atoms with Crippen molar-refractivity contribution in [2.75, 3.05) is 6.54 Å². The third-order valence-corrected chi connectivity index (χ3v) is 4.67. The predicted octanol–water partition coefficient (Wildman–Crippen LogP) is 5.68. The molecule has 3 aromatic rings. The van der Waals surface area contributed by atoms with E-state index in [4.69, 9.17) is 16.3 Å². The van der Waals surface area contributed by atoms with E-state index in [1.165, 1.54) is 0 Å². The van der Waals surface area contributed by atoms with Gasteiger partial charge in [0.1, 0.15) is 17.2 Å². The molecule has 3 aromatic carbocycles. The number of hydrogen-bond donors (Lipinski definition) is 2. The maximum atomic E-state index is 12.8. The molecule has 32 heavy (non-hydrogen) atoms.